The summed E-state index contributed by atoms with van der Waals surface area (Å²) < 4.78 is 43.8. The molecule has 0 bridgehead atoms. The van der Waals surface area contributed by atoms with E-state index in [1.54, 1.807) is 20.8 Å². The molecule has 1 amide bonds. The van der Waals surface area contributed by atoms with Gasteiger partial charge in [-0.1, -0.05) is 6.07 Å². The molecule has 0 aliphatic rings. The monoisotopic (exact) mass is 301 g/mol. The first kappa shape index (κ1) is 16.6. The number of alkyl halides is 3. The van der Waals surface area contributed by atoms with E-state index in [4.69, 9.17) is 10.00 Å². The molecule has 0 radical (unpaired) electrons. The predicted molar refractivity (Wildman–Crippen MR) is 69.2 cm³/mol. The van der Waals surface area contributed by atoms with Crippen molar-refractivity contribution < 1.29 is 22.7 Å². The van der Waals surface area contributed by atoms with Crippen LogP contribution in [-0.4, -0.2) is 11.7 Å². The Morgan fingerprint density at radius 2 is 1.90 bits per heavy atom. The van der Waals surface area contributed by atoms with Crippen molar-refractivity contribution in [2.24, 2.45) is 0 Å². The maximum absolute atomic E-state index is 13.0. The predicted octanol–water partition coefficient (Wildman–Crippen LogP) is 3.43. The Kier molecular flexibility index (Phi) is 4.68. The first-order valence-electron chi connectivity index (χ1n) is 5.90. The lowest BCUT2D eigenvalue weighted by Gasteiger charge is -2.21. The van der Waals surface area contributed by atoms with Gasteiger partial charge in [-0.3, -0.25) is 5.43 Å². The second kappa shape index (κ2) is 5.91. The van der Waals surface area contributed by atoms with Gasteiger partial charge in [-0.25, -0.2) is 10.2 Å². The van der Waals surface area contributed by atoms with Crippen LogP contribution in [0.3, 0.4) is 0 Å². The summed E-state index contributed by atoms with van der Waals surface area (Å²) in [6.45, 7) is 4.85. The summed E-state index contributed by atoms with van der Waals surface area (Å²) in [6.07, 6.45) is -5.66. The first-order chi connectivity index (χ1) is 9.54. The van der Waals surface area contributed by atoms with Crippen LogP contribution < -0.4 is 10.9 Å². The smallest absolute Gasteiger partial charge is 0.426 e. The minimum Gasteiger partial charge on any atom is -0.443 e. The fourth-order valence-corrected chi connectivity index (χ4v) is 1.48. The van der Waals surface area contributed by atoms with Gasteiger partial charge in [0, 0.05) is 0 Å². The van der Waals surface area contributed by atoms with Gasteiger partial charge in [0.25, 0.3) is 0 Å². The number of nitrogens with zero attached hydrogens (tertiary/aromatic N) is 1. The summed E-state index contributed by atoms with van der Waals surface area (Å²) in [6, 6.07) is 4.88. The third-order valence-electron chi connectivity index (χ3n) is 2.17. The summed E-state index contributed by atoms with van der Waals surface area (Å²) >= 11 is 0. The molecule has 1 rings (SSSR count). The zero-order valence-corrected chi connectivity index (χ0v) is 11.6. The minimum absolute atomic E-state index is 0.438. The molecule has 0 unspecified atom stereocenters. The number of hydrogen-bond donors (Lipinski definition) is 2. The standard InChI is InChI=1S/C13H14F3N3O2/c1-12(2,3)21-11(20)19-18-9-6-4-5-8(7-17)10(9)13(14,15)16/h4-6,18H,1-3H3,(H,19,20). The molecule has 0 spiro atoms. The molecule has 1 aromatic rings. The number of carbonyl (C=O) groups is 1. The van der Waals surface area contributed by atoms with Crippen LogP contribution in [0.1, 0.15) is 31.9 Å². The van der Waals surface area contributed by atoms with Crippen LogP contribution in [0, 0.1) is 11.3 Å². The molecule has 2 N–H and O–H groups in total. The van der Waals surface area contributed by atoms with E-state index < -0.39 is 34.7 Å². The molecule has 0 atom stereocenters. The molecule has 21 heavy (non-hydrogen) atoms. The molecule has 0 aliphatic carbocycles. The van der Waals surface area contributed by atoms with Gasteiger partial charge in [0.15, 0.2) is 0 Å². The van der Waals surface area contributed by atoms with E-state index in [1.165, 1.54) is 12.1 Å². The van der Waals surface area contributed by atoms with Crippen molar-refractivity contribution in [1.82, 2.24) is 5.43 Å². The quantitative estimate of drug-likeness (QED) is 0.821. The number of hydrogen-bond acceptors (Lipinski definition) is 4. The van der Waals surface area contributed by atoms with Gasteiger partial charge in [-0.2, -0.15) is 18.4 Å². The van der Waals surface area contributed by atoms with Gasteiger partial charge in [0.2, 0.25) is 0 Å². The van der Waals surface area contributed by atoms with Crippen molar-refractivity contribution in [2.75, 3.05) is 5.43 Å². The molecular weight excluding hydrogens is 287 g/mol. The molecule has 0 aromatic heterocycles. The number of hydrazine groups is 1. The van der Waals surface area contributed by atoms with Crippen molar-refractivity contribution in [2.45, 2.75) is 32.5 Å². The van der Waals surface area contributed by atoms with Crippen molar-refractivity contribution in [3.8, 4) is 6.07 Å². The van der Waals surface area contributed by atoms with Crippen molar-refractivity contribution >= 4 is 11.8 Å². The third-order valence-corrected chi connectivity index (χ3v) is 2.17. The molecule has 0 saturated heterocycles. The summed E-state index contributed by atoms with van der Waals surface area (Å²) in [5.74, 6) is 0. The van der Waals surface area contributed by atoms with E-state index in [9.17, 15) is 18.0 Å². The minimum atomic E-state index is -4.73. The van der Waals surface area contributed by atoms with Gasteiger partial charge in [0.1, 0.15) is 5.60 Å². The Balaban J connectivity index is 2.95. The summed E-state index contributed by atoms with van der Waals surface area (Å²) in [5, 5.41) is 8.75. The van der Waals surface area contributed by atoms with Crippen LogP contribution in [0.5, 0.6) is 0 Å². The number of nitriles is 1. The Labute approximate surface area is 119 Å². The fraction of sp³-hybridized carbons (Fsp3) is 0.385. The average Bonchev–Trinajstić information content (AvgIpc) is 2.32. The van der Waals surface area contributed by atoms with Gasteiger partial charge >= 0.3 is 12.3 Å². The molecule has 5 nitrogen and oxygen atoms in total. The average molecular weight is 301 g/mol. The highest BCUT2D eigenvalue weighted by atomic mass is 19.4. The fourth-order valence-electron chi connectivity index (χ4n) is 1.48. The summed E-state index contributed by atoms with van der Waals surface area (Å²) in [4.78, 5) is 11.4. The number of halogens is 3. The van der Waals surface area contributed by atoms with E-state index >= 15 is 0 Å². The Morgan fingerprint density at radius 1 is 1.29 bits per heavy atom. The molecule has 0 saturated carbocycles. The first-order valence-corrected chi connectivity index (χ1v) is 5.90. The molecule has 0 fully saturated rings. The largest absolute Gasteiger partial charge is 0.443 e. The normalized spacial score (nSPS) is 11.5. The highest BCUT2D eigenvalue weighted by Crippen LogP contribution is 2.36. The van der Waals surface area contributed by atoms with Crippen LogP contribution in [0.25, 0.3) is 0 Å². The SMILES string of the molecule is CC(C)(C)OC(=O)NNc1cccc(C#N)c1C(F)(F)F. The zero-order valence-electron chi connectivity index (χ0n) is 11.6. The van der Waals surface area contributed by atoms with Crippen LogP contribution in [0.15, 0.2) is 18.2 Å². The van der Waals surface area contributed by atoms with Gasteiger partial charge in [0.05, 0.1) is 22.9 Å². The van der Waals surface area contributed by atoms with Gasteiger partial charge in [-0.05, 0) is 32.9 Å². The van der Waals surface area contributed by atoms with Crippen LogP contribution >= 0.6 is 0 Å². The van der Waals surface area contributed by atoms with Crippen molar-refractivity contribution in [1.29, 1.82) is 5.26 Å². The number of amides is 1. The summed E-state index contributed by atoms with van der Waals surface area (Å²) in [7, 11) is 0. The second-order valence-corrected chi connectivity index (χ2v) is 5.09. The second-order valence-electron chi connectivity index (χ2n) is 5.09. The van der Waals surface area contributed by atoms with Crippen LogP contribution in [-0.2, 0) is 10.9 Å². The molecule has 114 valence electrons. The maximum atomic E-state index is 13.0. The highest BCUT2D eigenvalue weighted by molar-refractivity contribution is 5.71. The van der Waals surface area contributed by atoms with Crippen molar-refractivity contribution in [3.05, 3.63) is 29.3 Å². The lowest BCUT2D eigenvalue weighted by molar-refractivity contribution is -0.137. The van der Waals surface area contributed by atoms with Gasteiger partial charge in [-0.15, -0.1) is 0 Å². The third kappa shape index (κ3) is 4.87. The van der Waals surface area contributed by atoms with Crippen LogP contribution in [0.2, 0.25) is 0 Å². The lowest BCUT2D eigenvalue weighted by Crippen LogP contribution is -2.36. The molecular formula is C13H14F3N3O2. The van der Waals surface area contributed by atoms with E-state index in [2.05, 4.69) is 5.43 Å². The molecule has 8 heteroatoms. The number of benzene rings is 1. The van der Waals surface area contributed by atoms with Gasteiger partial charge < -0.3 is 4.74 Å². The number of carbonyl (C=O) groups excluding carboxylic acids is 1. The lowest BCUT2D eigenvalue weighted by atomic mass is 10.1. The Hall–Kier alpha value is -2.43. The number of ether oxygens (including phenoxy) is 1. The number of anilines is 1. The highest BCUT2D eigenvalue weighted by Gasteiger charge is 2.36. The number of rotatable bonds is 2. The summed E-state index contributed by atoms with van der Waals surface area (Å²) in [5.41, 5.74) is 1.21. The Morgan fingerprint density at radius 3 is 2.38 bits per heavy atom. The maximum Gasteiger partial charge on any atom is 0.426 e. The van der Waals surface area contributed by atoms with E-state index in [1.807, 2.05) is 5.43 Å². The molecule has 0 aliphatic heterocycles. The zero-order chi connectivity index (χ0) is 16.3. The van der Waals surface area contributed by atoms with Crippen molar-refractivity contribution in [3.63, 3.8) is 0 Å². The van der Waals surface area contributed by atoms with E-state index in [0.717, 1.165) is 12.1 Å². The number of nitrogens with one attached hydrogen (secondary N) is 2. The van der Waals surface area contributed by atoms with Crippen LogP contribution in [0.4, 0.5) is 23.7 Å². The van der Waals surface area contributed by atoms with E-state index in [-0.39, 0.29) is 0 Å². The molecule has 1 aromatic carbocycles. The topological polar surface area (TPSA) is 74.2 Å². The molecule has 0 heterocycles. The van der Waals surface area contributed by atoms with E-state index in [0.29, 0.717) is 0 Å². The Bertz CT molecular complexity index is 571.